The molecular weight excluding hydrogens is 372 g/mol. The summed E-state index contributed by atoms with van der Waals surface area (Å²) in [6.45, 7) is 2.77. The van der Waals surface area contributed by atoms with Gasteiger partial charge in [-0.1, -0.05) is 12.1 Å². The normalized spacial score (nSPS) is 11.3. The molecule has 0 spiro atoms. The van der Waals surface area contributed by atoms with Crippen LogP contribution in [0.5, 0.6) is 0 Å². The number of benzene rings is 1. The zero-order chi connectivity index (χ0) is 18.5. The Labute approximate surface area is 167 Å². The van der Waals surface area contributed by atoms with Crippen molar-refractivity contribution in [3.8, 4) is 10.6 Å². The van der Waals surface area contributed by atoms with Crippen LogP contribution in [0.2, 0.25) is 0 Å². The van der Waals surface area contributed by atoms with Crippen molar-refractivity contribution in [2.75, 3.05) is 12.8 Å². The third kappa shape index (κ3) is 4.40. The van der Waals surface area contributed by atoms with E-state index in [0.717, 1.165) is 37.3 Å². The van der Waals surface area contributed by atoms with E-state index in [1.54, 1.807) is 23.1 Å². The minimum Gasteiger partial charge on any atom is -0.337 e. The molecule has 0 atom stereocenters. The van der Waals surface area contributed by atoms with Crippen LogP contribution in [0.25, 0.3) is 21.5 Å². The molecule has 0 unspecified atom stereocenters. The maximum atomic E-state index is 5.01. The average Bonchev–Trinajstić information content (AvgIpc) is 3.41. The van der Waals surface area contributed by atoms with Crippen molar-refractivity contribution >= 4 is 34.0 Å². The second kappa shape index (κ2) is 8.69. The van der Waals surface area contributed by atoms with Gasteiger partial charge >= 0.3 is 0 Å². The highest BCUT2D eigenvalue weighted by Gasteiger charge is 2.10. The van der Waals surface area contributed by atoms with Gasteiger partial charge in [-0.25, -0.2) is 9.97 Å². The molecule has 0 aliphatic carbocycles. The lowest BCUT2D eigenvalue weighted by atomic mass is 10.1. The van der Waals surface area contributed by atoms with Gasteiger partial charge in [0.2, 0.25) is 0 Å². The zero-order valence-electron chi connectivity index (χ0n) is 15.3. The first-order valence-corrected chi connectivity index (χ1v) is 11.1. The summed E-state index contributed by atoms with van der Waals surface area (Å²) in [7, 11) is 0. The number of aromatic nitrogens is 3. The first kappa shape index (κ1) is 18.2. The first-order chi connectivity index (χ1) is 13.3. The van der Waals surface area contributed by atoms with Crippen molar-refractivity contribution in [3.63, 3.8) is 0 Å². The van der Waals surface area contributed by atoms with Crippen molar-refractivity contribution in [1.29, 1.82) is 0 Å². The second-order valence-electron chi connectivity index (χ2n) is 6.36. The number of thiophene rings is 1. The second-order valence-corrected chi connectivity index (χ2v) is 8.19. The molecule has 0 amide bonds. The molecule has 0 saturated heterocycles. The number of aryl methyl sites for hydroxylation is 1. The highest BCUT2D eigenvalue weighted by molar-refractivity contribution is 7.98. The predicted molar refractivity (Wildman–Crippen MR) is 115 cm³/mol. The predicted octanol–water partition coefficient (Wildman–Crippen LogP) is 5.06. The maximum absolute atomic E-state index is 5.01. The Kier molecular flexibility index (Phi) is 5.87. The van der Waals surface area contributed by atoms with Crippen LogP contribution in [0.1, 0.15) is 12.0 Å². The summed E-state index contributed by atoms with van der Waals surface area (Å²) in [5.74, 6) is 0. The summed E-state index contributed by atoms with van der Waals surface area (Å²) in [6.07, 6.45) is 8.87. The molecule has 0 aliphatic heterocycles. The lowest BCUT2D eigenvalue weighted by Gasteiger charge is -2.12. The summed E-state index contributed by atoms with van der Waals surface area (Å²) in [4.78, 5) is 11.6. The lowest BCUT2D eigenvalue weighted by molar-refractivity contribution is 0.581. The number of imidazole rings is 1. The molecular formula is C21H22N4S2. The van der Waals surface area contributed by atoms with Crippen molar-refractivity contribution in [2.24, 2.45) is 0 Å². The third-order valence-electron chi connectivity index (χ3n) is 4.50. The lowest BCUT2D eigenvalue weighted by Crippen LogP contribution is -2.17. The van der Waals surface area contributed by atoms with Crippen LogP contribution in [0.15, 0.2) is 65.4 Å². The Hall–Kier alpha value is -2.15. The van der Waals surface area contributed by atoms with Crippen LogP contribution in [0.4, 0.5) is 0 Å². The first-order valence-electron chi connectivity index (χ1n) is 9.01. The van der Waals surface area contributed by atoms with E-state index < -0.39 is 0 Å². The number of rotatable bonds is 8. The largest absolute Gasteiger partial charge is 0.337 e. The van der Waals surface area contributed by atoms with Gasteiger partial charge in [-0.05, 0) is 54.4 Å². The van der Waals surface area contributed by atoms with E-state index >= 15 is 0 Å². The van der Waals surface area contributed by atoms with Crippen molar-refractivity contribution in [1.82, 2.24) is 19.9 Å². The molecule has 0 aliphatic rings. The molecule has 4 rings (SSSR count). The molecule has 1 N–H and O–H groups in total. The van der Waals surface area contributed by atoms with E-state index in [-0.39, 0.29) is 0 Å². The molecule has 0 radical (unpaired) electrons. The molecule has 138 valence electrons. The number of hydrogen-bond donors (Lipinski definition) is 1. The van der Waals surface area contributed by atoms with Crippen LogP contribution in [-0.4, -0.2) is 27.3 Å². The minimum absolute atomic E-state index is 0.824. The van der Waals surface area contributed by atoms with Gasteiger partial charge in [0.25, 0.3) is 0 Å². The summed E-state index contributed by atoms with van der Waals surface area (Å²) in [6, 6.07) is 13.0. The smallest absolute Gasteiger partial charge is 0.0945 e. The van der Waals surface area contributed by atoms with E-state index in [1.165, 1.54) is 20.7 Å². The fourth-order valence-electron chi connectivity index (χ4n) is 3.11. The zero-order valence-corrected chi connectivity index (χ0v) is 16.9. The Morgan fingerprint density at radius 3 is 2.96 bits per heavy atom. The van der Waals surface area contributed by atoms with Gasteiger partial charge in [0.05, 0.1) is 22.4 Å². The van der Waals surface area contributed by atoms with Gasteiger partial charge in [0.15, 0.2) is 0 Å². The number of fused-ring (bicyclic) bond motifs is 1. The molecule has 0 bridgehead atoms. The van der Waals surface area contributed by atoms with Crippen LogP contribution in [-0.2, 0) is 13.1 Å². The standard InChI is InChI=1S/C21H22N4S2/c1-26-18-6-5-16-12-17(14-22-7-3-9-25-10-8-23-15-25)21(24-19(16)13-18)20-4-2-11-27-20/h2,4-6,8,10-13,15,22H,3,7,9,14H2,1H3. The van der Waals surface area contributed by atoms with E-state index in [2.05, 4.69) is 62.9 Å². The van der Waals surface area contributed by atoms with Crippen LogP contribution in [0, 0.1) is 0 Å². The molecule has 0 saturated carbocycles. The van der Waals surface area contributed by atoms with Gasteiger partial charge in [0, 0.05) is 35.8 Å². The van der Waals surface area contributed by atoms with E-state index in [1.807, 2.05) is 18.7 Å². The SMILES string of the molecule is CSc1ccc2cc(CNCCCn3ccnc3)c(-c3cccs3)nc2c1. The van der Waals surface area contributed by atoms with E-state index in [0.29, 0.717) is 0 Å². The van der Waals surface area contributed by atoms with Crippen molar-refractivity contribution in [2.45, 2.75) is 24.4 Å². The minimum atomic E-state index is 0.824. The molecule has 3 heterocycles. The molecule has 4 nitrogen and oxygen atoms in total. The number of thioether (sulfide) groups is 1. The van der Waals surface area contributed by atoms with Gasteiger partial charge in [0.1, 0.15) is 0 Å². The quantitative estimate of drug-likeness (QED) is 0.335. The third-order valence-corrected chi connectivity index (χ3v) is 6.10. The highest BCUT2D eigenvalue weighted by atomic mass is 32.2. The summed E-state index contributed by atoms with van der Waals surface area (Å²) in [5, 5.41) is 6.89. The molecule has 6 heteroatoms. The van der Waals surface area contributed by atoms with Crippen LogP contribution in [0.3, 0.4) is 0 Å². The monoisotopic (exact) mass is 394 g/mol. The number of nitrogens with zero attached hydrogens (tertiary/aromatic N) is 3. The Morgan fingerprint density at radius 1 is 1.22 bits per heavy atom. The highest BCUT2D eigenvalue weighted by Crippen LogP contribution is 2.30. The summed E-state index contributed by atoms with van der Waals surface area (Å²) in [5.41, 5.74) is 3.41. The van der Waals surface area contributed by atoms with Gasteiger partial charge in [-0.3, -0.25) is 0 Å². The topological polar surface area (TPSA) is 42.7 Å². The van der Waals surface area contributed by atoms with Gasteiger partial charge in [-0.2, -0.15) is 0 Å². The van der Waals surface area contributed by atoms with Crippen LogP contribution >= 0.6 is 23.1 Å². The number of pyridine rings is 1. The molecule has 4 aromatic rings. The summed E-state index contributed by atoms with van der Waals surface area (Å²) >= 11 is 3.50. The number of nitrogens with one attached hydrogen (secondary N) is 1. The Bertz CT molecular complexity index is 995. The maximum Gasteiger partial charge on any atom is 0.0945 e. The van der Waals surface area contributed by atoms with Gasteiger partial charge < -0.3 is 9.88 Å². The van der Waals surface area contributed by atoms with Crippen molar-refractivity contribution in [3.05, 3.63) is 66.1 Å². The van der Waals surface area contributed by atoms with E-state index in [4.69, 9.17) is 4.98 Å². The molecule has 3 aromatic heterocycles. The number of hydrogen-bond acceptors (Lipinski definition) is 5. The molecule has 1 aromatic carbocycles. The molecule has 27 heavy (non-hydrogen) atoms. The fourth-order valence-corrected chi connectivity index (χ4v) is 4.29. The van der Waals surface area contributed by atoms with E-state index in [9.17, 15) is 0 Å². The fraction of sp³-hybridized carbons (Fsp3) is 0.238. The Balaban J connectivity index is 1.52. The Morgan fingerprint density at radius 2 is 2.19 bits per heavy atom. The van der Waals surface area contributed by atoms with Crippen molar-refractivity contribution < 1.29 is 0 Å². The molecule has 0 fully saturated rings. The summed E-state index contributed by atoms with van der Waals surface area (Å²) < 4.78 is 2.11. The van der Waals surface area contributed by atoms with Crippen LogP contribution < -0.4 is 5.32 Å². The average molecular weight is 395 g/mol. The van der Waals surface area contributed by atoms with Gasteiger partial charge in [-0.15, -0.1) is 23.1 Å².